The van der Waals surface area contributed by atoms with Crippen LogP contribution in [0.2, 0.25) is 10.0 Å². The molecule has 0 bridgehead atoms. The molecule has 1 aromatic carbocycles. The second-order valence-electron chi connectivity index (χ2n) is 1.89. The van der Waals surface area contributed by atoms with Crippen LogP contribution in [-0.4, -0.2) is 6.73 Å². The molecule has 0 saturated heterocycles. The number of halogens is 2. The Labute approximate surface area is 74.9 Å². The third-order valence-corrected chi connectivity index (χ3v) is 1.66. The third kappa shape index (κ3) is 2.26. The van der Waals surface area contributed by atoms with E-state index in [1.165, 1.54) is 0 Å². The summed E-state index contributed by atoms with van der Waals surface area (Å²) >= 11 is 11.4. The van der Waals surface area contributed by atoms with E-state index in [0.717, 1.165) is 0 Å². The lowest BCUT2D eigenvalue weighted by Crippen LogP contribution is -2.07. The van der Waals surface area contributed by atoms with Gasteiger partial charge in [0.15, 0.2) is 0 Å². The zero-order valence-corrected chi connectivity index (χ0v) is 7.19. The fourth-order valence-electron chi connectivity index (χ4n) is 0.682. The molecule has 0 heterocycles. The average molecular weight is 192 g/mol. The highest BCUT2D eigenvalue weighted by atomic mass is 35.5. The highest BCUT2D eigenvalue weighted by molar-refractivity contribution is 6.35. The van der Waals surface area contributed by atoms with Gasteiger partial charge in [0.1, 0.15) is 12.5 Å². The van der Waals surface area contributed by atoms with E-state index in [-0.39, 0.29) is 6.73 Å². The molecule has 2 N–H and O–H groups in total. The van der Waals surface area contributed by atoms with Gasteiger partial charge in [0, 0.05) is 5.02 Å². The Morgan fingerprint density at radius 2 is 2.09 bits per heavy atom. The molecule has 4 heteroatoms. The van der Waals surface area contributed by atoms with Crippen LogP contribution < -0.4 is 10.5 Å². The predicted molar refractivity (Wildman–Crippen MR) is 46.1 cm³/mol. The fraction of sp³-hybridized carbons (Fsp3) is 0.143. The molecule has 0 amide bonds. The van der Waals surface area contributed by atoms with Crippen LogP contribution in [-0.2, 0) is 0 Å². The lowest BCUT2D eigenvalue weighted by Gasteiger charge is -2.03. The Balaban J connectivity index is 2.90. The molecule has 1 aromatic rings. The maximum Gasteiger partial charge on any atom is 0.140 e. The molecule has 0 aromatic heterocycles. The molecular weight excluding hydrogens is 185 g/mol. The van der Waals surface area contributed by atoms with E-state index in [0.29, 0.717) is 15.8 Å². The molecule has 0 radical (unpaired) electrons. The van der Waals surface area contributed by atoms with Gasteiger partial charge in [-0.1, -0.05) is 23.2 Å². The van der Waals surface area contributed by atoms with Crippen LogP contribution >= 0.6 is 23.2 Å². The summed E-state index contributed by atoms with van der Waals surface area (Å²) in [6.07, 6.45) is 0. The molecule has 0 spiro atoms. The number of rotatable bonds is 2. The van der Waals surface area contributed by atoms with Gasteiger partial charge in [0.2, 0.25) is 0 Å². The number of nitrogens with two attached hydrogens (primary N) is 1. The smallest absolute Gasteiger partial charge is 0.140 e. The number of ether oxygens (including phenoxy) is 1. The van der Waals surface area contributed by atoms with Crippen molar-refractivity contribution in [2.24, 2.45) is 5.73 Å². The van der Waals surface area contributed by atoms with E-state index in [1.807, 2.05) is 0 Å². The van der Waals surface area contributed by atoms with Crippen LogP contribution in [0.25, 0.3) is 0 Å². The van der Waals surface area contributed by atoms with Gasteiger partial charge in [-0.15, -0.1) is 0 Å². The van der Waals surface area contributed by atoms with E-state index < -0.39 is 0 Å². The molecule has 0 aliphatic carbocycles. The normalized spacial score (nSPS) is 9.73. The molecule has 1 rings (SSSR count). The van der Waals surface area contributed by atoms with E-state index in [4.69, 9.17) is 33.7 Å². The van der Waals surface area contributed by atoms with Gasteiger partial charge in [0.05, 0.1) is 5.02 Å². The minimum Gasteiger partial charge on any atom is -0.477 e. The summed E-state index contributed by atoms with van der Waals surface area (Å²) in [7, 11) is 0. The molecule has 60 valence electrons. The first kappa shape index (κ1) is 8.65. The summed E-state index contributed by atoms with van der Waals surface area (Å²) in [5.74, 6) is 0.554. The Morgan fingerprint density at radius 1 is 1.36 bits per heavy atom. The van der Waals surface area contributed by atoms with E-state index in [9.17, 15) is 0 Å². The van der Waals surface area contributed by atoms with Gasteiger partial charge in [-0.05, 0) is 18.2 Å². The molecule has 11 heavy (non-hydrogen) atoms. The highest BCUT2D eigenvalue weighted by Crippen LogP contribution is 2.26. The Hall–Kier alpha value is -0.440. The second-order valence-corrected chi connectivity index (χ2v) is 2.73. The van der Waals surface area contributed by atoms with Crippen molar-refractivity contribution in [2.75, 3.05) is 6.73 Å². The van der Waals surface area contributed by atoms with Crippen molar-refractivity contribution in [2.45, 2.75) is 0 Å². The summed E-state index contributed by atoms with van der Waals surface area (Å²) in [6, 6.07) is 4.98. The van der Waals surface area contributed by atoms with Crippen LogP contribution in [0.5, 0.6) is 5.75 Å². The van der Waals surface area contributed by atoms with Crippen LogP contribution in [0, 0.1) is 0 Å². The third-order valence-electron chi connectivity index (χ3n) is 1.13. The van der Waals surface area contributed by atoms with E-state index in [2.05, 4.69) is 0 Å². The van der Waals surface area contributed by atoms with Gasteiger partial charge < -0.3 is 4.74 Å². The van der Waals surface area contributed by atoms with Crippen LogP contribution in [0.4, 0.5) is 0 Å². The van der Waals surface area contributed by atoms with Crippen LogP contribution in [0.15, 0.2) is 18.2 Å². The highest BCUT2D eigenvalue weighted by Gasteiger charge is 1.99. The standard InChI is InChI=1S/C7H7Cl2NO/c8-5-1-2-7(11-4-10)6(9)3-5/h1-3H,4,10H2. The molecule has 0 atom stereocenters. The minimum atomic E-state index is 0.112. The maximum absolute atomic E-state index is 5.74. The van der Waals surface area contributed by atoms with Crippen LogP contribution in [0.1, 0.15) is 0 Å². The second kappa shape index (κ2) is 3.81. The first-order valence-electron chi connectivity index (χ1n) is 3.02. The number of hydrogen-bond donors (Lipinski definition) is 1. The Bertz CT molecular complexity index is 252. The quantitative estimate of drug-likeness (QED) is 0.729. The van der Waals surface area contributed by atoms with Gasteiger partial charge in [-0.2, -0.15) is 0 Å². The maximum atomic E-state index is 5.74. The fourth-order valence-corrected chi connectivity index (χ4v) is 1.15. The van der Waals surface area contributed by atoms with Crippen molar-refractivity contribution in [3.05, 3.63) is 28.2 Å². The largest absolute Gasteiger partial charge is 0.477 e. The zero-order chi connectivity index (χ0) is 8.27. The van der Waals surface area contributed by atoms with E-state index >= 15 is 0 Å². The molecule has 0 fully saturated rings. The van der Waals surface area contributed by atoms with E-state index in [1.54, 1.807) is 18.2 Å². The van der Waals surface area contributed by atoms with Crippen molar-refractivity contribution in [1.82, 2.24) is 0 Å². The van der Waals surface area contributed by atoms with Crippen molar-refractivity contribution >= 4 is 23.2 Å². The summed E-state index contributed by atoms with van der Waals surface area (Å²) in [6.45, 7) is 0.112. The minimum absolute atomic E-state index is 0.112. The van der Waals surface area contributed by atoms with Crippen molar-refractivity contribution in [1.29, 1.82) is 0 Å². The summed E-state index contributed by atoms with van der Waals surface area (Å²) < 4.78 is 4.98. The van der Waals surface area contributed by atoms with Crippen LogP contribution in [0.3, 0.4) is 0 Å². The molecule has 0 saturated carbocycles. The van der Waals surface area contributed by atoms with Gasteiger partial charge in [-0.3, -0.25) is 5.73 Å². The summed E-state index contributed by atoms with van der Waals surface area (Å²) in [5.41, 5.74) is 5.15. The predicted octanol–water partition coefficient (Wildman–Crippen LogP) is 2.29. The van der Waals surface area contributed by atoms with Gasteiger partial charge in [0.25, 0.3) is 0 Å². The van der Waals surface area contributed by atoms with Crippen molar-refractivity contribution < 1.29 is 4.74 Å². The molecule has 0 aliphatic rings. The SMILES string of the molecule is NCOc1ccc(Cl)cc1Cl. The van der Waals surface area contributed by atoms with Crippen molar-refractivity contribution in [3.8, 4) is 5.75 Å². The average Bonchev–Trinajstić information content (AvgIpc) is 1.95. The van der Waals surface area contributed by atoms with Crippen molar-refractivity contribution in [3.63, 3.8) is 0 Å². The lowest BCUT2D eigenvalue weighted by molar-refractivity contribution is 0.330. The molecular formula is C7H7Cl2NO. The first-order chi connectivity index (χ1) is 5.24. The molecule has 2 nitrogen and oxygen atoms in total. The summed E-state index contributed by atoms with van der Waals surface area (Å²) in [4.78, 5) is 0. The summed E-state index contributed by atoms with van der Waals surface area (Å²) in [5, 5.41) is 1.06. The topological polar surface area (TPSA) is 35.2 Å². The number of hydrogen-bond acceptors (Lipinski definition) is 2. The monoisotopic (exact) mass is 191 g/mol. The number of benzene rings is 1. The zero-order valence-electron chi connectivity index (χ0n) is 5.68. The molecule has 0 unspecified atom stereocenters. The lowest BCUT2D eigenvalue weighted by atomic mass is 10.3. The Kier molecular flexibility index (Phi) is 3.00. The first-order valence-corrected chi connectivity index (χ1v) is 3.77. The van der Waals surface area contributed by atoms with Gasteiger partial charge in [-0.25, -0.2) is 0 Å². The molecule has 0 aliphatic heterocycles. The van der Waals surface area contributed by atoms with Gasteiger partial charge >= 0.3 is 0 Å². The Morgan fingerprint density at radius 3 is 2.64 bits per heavy atom.